The third-order valence-corrected chi connectivity index (χ3v) is 4.13. The van der Waals surface area contributed by atoms with E-state index in [0.29, 0.717) is 19.6 Å². The number of urea groups is 1. The molecule has 0 saturated heterocycles. The molecule has 122 valence electrons. The van der Waals surface area contributed by atoms with Crippen molar-refractivity contribution in [1.82, 2.24) is 10.2 Å². The van der Waals surface area contributed by atoms with Crippen LogP contribution in [0.1, 0.15) is 39.2 Å². The van der Waals surface area contributed by atoms with E-state index in [0.717, 1.165) is 18.4 Å². The molecule has 22 heavy (non-hydrogen) atoms. The molecular weight excluding hydrogens is 283 g/mol. The van der Waals surface area contributed by atoms with Crippen LogP contribution in [0.3, 0.4) is 0 Å². The van der Waals surface area contributed by atoms with Gasteiger partial charge < -0.3 is 15.3 Å². The fraction of sp³-hybridized carbons (Fsp3) is 0.588. The second-order valence-corrected chi connectivity index (χ2v) is 6.77. The van der Waals surface area contributed by atoms with Gasteiger partial charge in [0.25, 0.3) is 0 Å². The smallest absolute Gasteiger partial charge is 0.317 e. The van der Waals surface area contributed by atoms with Crippen molar-refractivity contribution in [2.45, 2.75) is 44.6 Å². The summed E-state index contributed by atoms with van der Waals surface area (Å²) in [7, 11) is 0. The van der Waals surface area contributed by atoms with Gasteiger partial charge in [-0.05, 0) is 51.3 Å². The maximum absolute atomic E-state index is 13.0. The van der Waals surface area contributed by atoms with Gasteiger partial charge in [0.2, 0.25) is 0 Å². The van der Waals surface area contributed by atoms with Crippen molar-refractivity contribution in [3.05, 3.63) is 35.6 Å². The molecule has 2 amide bonds. The molecule has 0 radical (unpaired) electrons. The lowest BCUT2D eigenvalue weighted by atomic mass is 9.96. The number of amides is 2. The van der Waals surface area contributed by atoms with Crippen LogP contribution in [0.2, 0.25) is 0 Å². The van der Waals surface area contributed by atoms with Crippen LogP contribution in [0.15, 0.2) is 24.3 Å². The van der Waals surface area contributed by atoms with E-state index in [1.165, 1.54) is 12.1 Å². The molecule has 1 fully saturated rings. The third kappa shape index (κ3) is 4.19. The van der Waals surface area contributed by atoms with Crippen LogP contribution in [0.5, 0.6) is 0 Å². The maximum atomic E-state index is 13.0. The summed E-state index contributed by atoms with van der Waals surface area (Å²) in [6.07, 6.45) is 1.99. The first-order chi connectivity index (χ1) is 10.3. The number of hydrogen-bond acceptors (Lipinski definition) is 2. The first-order valence-corrected chi connectivity index (χ1v) is 7.77. The van der Waals surface area contributed by atoms with Gasteiger partial charge in [0.1, 0.15) is 5.82 Å². The first-order valence-electron chi connectivity index (χ1n) is 7.77. The Kier molecular flexibility index (Phi) is 4.75. The Morgan fingerprint density at radius 1 is 1.36 bits per heavy atom. The van der Waals surface area contributed by atoms with Gasteiger partial charge in [0.05, 0.1) is 12.1 Å². The predicted molar refractivity (Wildman–Crippen MR) is 84.3 cm³/mol. The van der Waals surface area contributed by atoms with Crippen molar-refractivity contribution in [3.63, 3.8) is 0 Å². The zero-order valence-corrected chi connectivity index (χ0v) is 13.5. The number of carbonyl (C=O) groups is 1. The van der Waals surface area contributed by atoms with Gasteiger partial charge in [0.15, 0.2) is 0 Å². The van der Waals surface area contributed by atoms with Gasteiger partial charge in [-0.1, -0.05) is 12.1 Å². The molecule has 0 spiro atoms. The van der Waals surface area contributed by atoms with Crippen LogP contribution >= 0.6 is 0 Å². The van der Waals surface area contributed by atoms with Crippen LogP contribution in [0.4, 0.5) is 9.18 Å². The number of carbonyl (C=O) groups excluding carboxylic acids is 1. The monoisotopic (exact) mass is 308 g/mol. The van der Waals surface area contributed by atoms with Crippen molar-refractivity contribution in [1.29, 1.82) is 0 Å². The maximum Gasteiger partial charge on any atom is 0.317 e. The molecule has 0 aliphatic heterocycles. The fourth-order valence-electron chi connectivity index (χ4n) is 2.67. The molecule has 2 N–H and O–H groups in total. The highest BCUT2D eigenvalue weighted by molar-refractivity contribution is 5.74. The van der Waals surface area contributed by atoms with Crippen LogP contribution in [0, 0.1) is 5.82 Å². The molecule has 5 heteroatoms. The largest absolute Gasteiger partial charge is 0.389 e. The fourth-order valence-corrected chi connectivity index (χ4v) is 2.67. The van der Waals surface area contributed by atoms with Crippen molar-refractivity contribution >= 4 is 6.03 Å². The minimum absolute atomic E-state index is 0.0580. The van der Waals surface area contributed by atoms with E-state index in [4.69, 9.17) is 0 Å². The Hall–Kier alpha value is -1.62. The summed E-state index contributed by atoms with van der Waals surface area (Å²) in [4.78, 5) is 13.9. The van der Waals surface area contributed by atoms with Crippen LogP contribution < -0.4 is 5.32 Å². The highest BCUT2D eigenvalue weighted by Gasteiger charge is 2.44. The van der Waals surface area contributed by atoms with E-state index in [-0.39, 0.29) is 17.3 Å². The molecule has 0 unspecified atom stereocenters. The van der Waals surface area contributed by atoms with Gasteiger partial charge >= 0.3 is 6.03 Å². The van der Waals surface area contributed by atoms with Gasteiger partial charge in [-0.25, -0.2) is 9.18 Å². The average molecular weight is 308 g/mol. The second kappa shape index (κ2) is 6.24. The van der Waals surface area contributed by atoms with Gasteiger partial charge in [-0.2, -0.15) is 0 Å². The molecule has 1 saturated carbocycles. The first kappa shape index (κ1) is 16.7. The summed E-state index contributed by atoms with van der Waals surface area (Å²) in [5.41, 5.74) is 0.0961. The number of likely N-dealkylation sites (N-methyl/N-ethyl adjacent to an activating group) is 1. The minimum Gasteiger partial charge on any atom is -0.389 e. The topological polar surface area (TPSA) is 52.6 Å². The number of aliphatic hydroxyl groups is 1. The Labute approximate surface area is 131 Å². The molecule has 0 atom stereocenters. The van der Waals surface area contributed by atoms with E-state index in [2.05, 4.69) is 5.32 Å². The molecule has 0 bridgehead atoms. The van der Waals surface area contributed by atoms with Crippen LogP contribution in [-0.2, 0) is 5.41 Å². The Balaban J connectivity index is 1.94. The predicted octanol–water partition coefficient (Wildman–Crippen LogP) is 2.66. The summed E-state index contributed by atoms with van der Waals surface area (Å²) in [6, 6.07) is 6.34. The van der Waals surface area contributed by atoms with E-state index >= 15 is 0 Å². The molecule has 1 aliphatic rings. The van der Waals surface area contributed by atoms with Crippen molar-refractivity contribution < 1.29 is 14.3 Å². The van der Waals surface area contributed by atoms with Gasteiger partial charge in [0, 0.05) is 18.5 Å². The summed E-state index contributed by atoms with van der Waals surface area (Å²) in [6.45, 7) is 6.63. The quantitative estimate of drug-likeness (QED) is 0.849. The summed E-state index contributed by atoms with van der Waals surface area (Å²) >= 11 is 0. The van der Waals surface area contributed by atoms with E-state index in [1.807, 2.05) is 6.92 Å². The molecule has 4 nitrogen and oxygen atoms in total. The summed E-state index contributed by atoms with van der Waals surface area (Å²) in [5.74, 6) is -0.245. The minimum atomic E-state index is -0.915. The Morgan fingerprint density at radius 3 is 2.41 bits per heavy atom. The molecule has 2 rings (SSSR count). The number of hydrogen-bond donors (Lipinski definition) is 2. The lowest BCUT2D eigenvalue weighted by molar-refractivity contribution is 0.0479. The zero-order valence-electron chi connectivity index (χ0n) is 13.5. The molecule has 1 aromatic carbocycles. The highest BCUT2D eigenvalue weighted by Crippen LogP contribution is 2.47. The molecule has 1 aliphatic carbocycles. The molecule has 1 aromatic rings. The number of rotatable bonds is 6. The van der Waals surface area contributed by atoms with Crippen molar-refractivity contribution in [2.75, 3.05) is 19.6 Å². The number of halogens is 1. The summed E-state index contributed by atoms with van der Waals surface area (Å²) in [5, 5.41) is 12.8. The van der Waals surface area contributed by atoms with E-state index in [1.54, 1.807) is 30.9 Å². The number of nitrogens with zero attached hydrogens (tertiary/aromatic N) is 1. The number of nitrogens with one attached hydrogen (secondary N) is 1. The third-order valence-electron chi connectivity index (χ3n) is 4.13. The zero-order chi connectivity index (χ0) is 16.4. The molecular formula is C17H25FN2O2. The summed E-state index contributed by atoms with van der Waals surface area (Å²) < 4.78 is 13.0. The SMILES string of the molecule is CCN(CC(C)(C)O)C(=O)NCC1(c2ccc(F)cc2)CC1. The van der Waals surface area contributed by atoms with Crippen LogP contribution in [0.25, 0.3) is 0 Å². The highest BCUT2D eigenvalue weighted by atomic mass is 19.1. The average Bonchev–Trinajstić information content (AvgIpc) is 3.23. The Morgan fingerprint density at radius 2 is 1.95 bits per heavy atom. The lowest BCUT2D eigenvalue weighted by Gasteiger charge is -2.29. The standard InChI is InChI=1S/C17H25FN2O2/c1-4-20(12-16(2,3)22)15(21)19-11-17(9-10-17)13-5-7-14(18)8-6-13/h5-8,22H,4,9-12H2,1-3H3,(H,19,21). The van der Waals surface area contributed by atoms with Crippen molar-refractivity contribution in [2.24, 2.45) is 0 Å². The van der Waals surface area contributed by atoms with Gasteiger partial charge in [-0.15, -0.1) is 0 Å². The van der Waals surface area contributed by atoms with Gasteiger partial charge in [-0.3, -0.25) is 0 Å². The van der Waals surface area contributed by atoms with Crippen molar-refractivity contribution in [3.8, 4) is 0 Å². The Bertz CT molecular complexity index is 518. The second-order valence-electron chi connectivity index (χ2n) is 6.77. The van der Waals surface area contributed by atoms with E-state index in [9.17, 15) is 14.3 Å². The normalized spacial score (nSPS) is 16.2. The number of benzene rings is 1. The van der Waals surface area contributed by atoms with Crippen LogP contribution in [-0.4, -0.2) is 41.3 Å². The molecule has 0 heterocycles. The molecule has 0 aromatic heterocycles. The van der Waals surface area contributed by atoms with E-state index < -0.39 is 5.60 Å². The lowest BCUT2D eigenvalue weighted by Crippen LogP contribution is -2.48.